The number of thiazole rings is 1. The van der Waals surface area contributed by atoms with Crippen LogP contribution in [-0.2, 0) is 17.9 Å². The number of thioether (sulfide) groups is 1. The Morgan fingerprint density at radius 2 is 2.15 bits per heavy atom. The first-order valence-electron chi connectivity index (χ1n) is 8.22. The van der Waals surface area contributed by atoms with Crippen LogP contribution >= 0.6 is 23.1 Å². The van der Waals surface area contributed by atoms with Crippen molar-refractivity contribution in [1.29, 1.82) is 0 Å². The fraction of sp³-hybridized carbons (Fsp3) is 0.278. The minimum atomic E-state index is -0.140. The highest BCUT2D eigenvalue weighted by Gasteiger charge is 2.13. The van der Waals surface area contributed by atoms with Crippen LogP contribution in [0.15, 0.2) is 41.0 Å². The SMILES string of the molecule is COc1ccc(Cn2c(CO)cnc2SCC(=O)Nc2nc(C)cs2)cc1. The van der Waals surface area contributed by atoms with E-state index < -0.39 is 0 Å². The molecule has 0 radical (unpaired) electrons. The predicted octanol–water partition coefficient (Wildman–Crippen LogP) is 2.93. The molecule has 1 aromatic carbocycles. The van der Waals surface area contributed by atoms with Crippen LogP contribution in [0.4, 0.5) is 5.13 Å². The van der Waals surface area contributed by atoms with Crippen molar-refractivity contribution in [3.63, 3.8) is 0 Å². The minimum absolute atomic E-state index is 0.117. The second-order valence-corrected chi connectivity index (χ2v) is 7.56. The highest BCUT2D eigenvalue weighted by atomic mass is 32.2. The highest BCUT2D eigenvalue weighted by Crippen LogP contribution is 2.22. The molecule has 0 unspecified atom stereocenters. The normalized spacial score (nSPS) is 10.8. The number of methoxy groups -OCH3 is 1. The predicted molar refractivity (Wildman–Crippen MR) is 106 cm³/mol. The lowest BCUT2D eigenvalue weighted by Crippen LogP contribution is -2.15. The molecule has 0 fully saturated rings. The average Bonchev–Trinajstić information content (AvgIpc) is 3.26. The van der Waals surface area contributed by atoms with Crippen molar-refractivity contribution in [3.05, 3.63) is 52.8 Å². The number of aromatic nitrogens is 3. The van der Waals surface area contributed by atoms with Gasteiger partial charge in [-0.15, -0.1) is 11.3 Å². The number of rotatable bonds is 8. The highest BCUT2D eigenvalue weighted by molar-refractivity contribution is 7.99. The van der Waals surface area contributed by atoms with E-state index in [-0.39, 0.29) is 18.3 Å². The molecule has 142 valence electrons. The standard InChI is InChI=1S/C18H20N4O3S2/c1-12-10-26-17(20-12)21-16(24)11-27-18-19-7-14(9-23)22(18)8-13-3-5-15(25-2)6-4-13/h3-7,10,23H,8-9,11H2,1-2H3,(H,20,21,24). The van der Waals surface area contributed by atoms with Gasteiger partial charge in [-0.05, 0) is 24.6 Å². The fourth-order valence-electron chi connectivity index (χ4n) is 2.41. The van der Waals surface area contributed by atoms with E-state index in [0.717, 1.165) is 17.0 Å². The van der Waals surface area contributed by atoms with Gasteiger partial charge in [0.2, 0.25) is 5.91 Å². The summed E-state index contributed by atoms with van der Waals surface area (Å²) >= 11 is 2.72. The topological polar surface area (TPSA) is 89.3 Å². The first kappa shape index (κ1) is 19.4. The Labute approximate surface area is 165 Å². The van der Waals surface area contributed by atoms with Gasteiger partial charge in [-0.3, -0.25) is 4.79 Å². The number of ether oxygens (including phenoxy) is 1. The second-order valence-electron chi connectivity index (χ2n) is 5.76. The van der Waals surface area contributed by atoms with Crippen LogP contribution in [0.1, 0.15) is 17.0 Å². The van der Waals surface area contributed by atoms with Gasteiger partial charge in [0.25, 0.3) is 0 Å². The molecule has 9 heteroatoms. The molecule has 0 saturated heterocycles. The van der Waals surface area contributed by atoms with E-state index in [2.05, 4.69) is 15.3 Å². The molecule has 0 aliphatic heterocycles. The average molecular weight is 405 g/mol. The number of aryl methyl sites for hydroxylation is 1. The summed E-state index contributed by atoms with van der Waals surface area (Å²) in [5.74, 6) is 0.859. The minimum Gasteiger partial charge on any atom is -0.497 e. The Balaban J connectivity index is 1.66. The van der Waals surface area contributed by atoms with Crippen molar-refractivity contribution in [2.45, 2.75) is 25.2 Å². The third kappa shape index (κ3) is 5.09. The maximum absolute atomic E-state index is 12.1. The Hall–Kier alpha value is -2.36. The van der Waals surface area contributed by atoms with Gasteiger partial charge in [0.1, 0.15) is 5.75 Å². The number of nitrogens with one attached hydrogen (secondary N) is 1. The second kappa shape index (κ2) is 9.03. The van der Waals surface area contributed by atoms with Gasteiger partial charge >= 0.3 is 0 Å². The van der Waals surface area contributed by atoms with Crippen molar-refractivity contribution in [3.8, 4) is 5.75 Å². The number of benzene rings is 1. The number of aliphatic hydroxyl groups excluding tert-OH is 1. The summed E-state index contributed by atoms with van der Waals surface area (Å²) in [6.07, 6.45) is 1.63. The van der Waals surface area contributed by atoms with Crippen molar-refractivity contribution < 1.29 is 14.6 Å². The molecule has 1 amide bonds. The van der Waals surface area contributed by atoms with Crippen LogP contribution < -0.4 is 10.1 Å². The molecule has 27 heavy (non-hydrogen) atoms. The van der Waals surface area contributed by atoms with E-state index in [4.69, 9.17) is 4.74 Å². The first-order valence-corrected chi connectivity index (χ1v) is 10.1. The third-order valence-electron chi connectivity index (χ3n) is 3.76. The van der Waals surface area contributed by atoms with Crippen LogP contribution in [0.3, 0.4) is 0 Å². The molecule has 2 heterocycles. The fourth-order valence-corrected chi connectivity index (χ4v) is 3.91. The number of anilines is 1. The van der Waals surface area contributed by atoms with Crippen LogP contribution in [0.2, 0.25) is 0 Å². The molecule has 7 nitrogen and oxygen atoms in total. The zero-order chi connectivity index (χ0) is 19.2. The summed E-state index contributed by atoms with van der Waals surface area (Å²) in [4.78, 5) is 20.7. The van der Waals surface area contributed by atoms with Gasteiger partial charge < -0.3 is 19.7 Å². The summed E-state index contributed by atoms with van der Waals surface area (Å²) in [6, 6.07) is 7.71. The number of hydrogen-bond donors (Lipinski definition) is 2. The Morgan fingerprint density at radius 3 is 2.78 bits per heavy atom. The Morgan fingerprint density at radius 1 is 1.37 bits per heavy atom. The molecular weight excluding hydrogens is 384 g/mol. The Bertz CT molecular complexity index is 906. The summed E-state index contributed by atoms with van der Waals surface area (Å²) in [5.41, 5.74) is 2.63. The number of amides is 1. The lowest BCUT2D eigenvalue weighted by Gasteiger charge is -2.11. The first-order chi connectivity index (χ1) is 13.1. The quantitative estimate of drug-likeness (QED) is 0.561. The number of imidazole rings is 1. The number of carbonyl (C=O) groups excluding carboxylic acids is 1. The summed E-state index contributed by atoms with van der Waals surface area (Å²) < 4.78 is 7.09. The molecule has 3 rings (SSSR count). The smallest absolute Gasteiger partial charge is 0.236 e. The monoisotopic (exact) mass is 404 g/mol. The number of carbonyl (C=O) groups is 1. The lowest BCUT2D eigenvalue weighted by atomic mass is 10.2. The molecule has 0 aliphatic rings. The molecular formula is C18H20N4O3S2. The van der Waals surface area contributed by atoms with Gasteiger partial charge in [-0.25, -0.2) is 9.97 Å². The van der Waals surface area contributed by atoms with E-state index in [1.165, 1.54) is 23.1 Å². The number of aliphatic hydroxyl groups is 1. The molecule has 0 bridgehead atoms. The summed E-state index contributed by atoms with van der Waals surface area (Å²) in [5, 5.41) is 15.5. The van der Waals surface area contributed by atoms with E-state index in [9.17, 15) is 9.90 Å². The largest absolute Gasteiger partial charge is 0.497 e. The van der Waals surface area contributed by atoms with Gasteiger partial charge in [0.15, 0.2) is 10.3 Å². The van der Waals surface area contributed by atoms with Crippen molar-refractivity contribution in [2.24, 2.45) is 0 Å². The van der Waals surface area contributed by atoms with Crippen LogP contribution in [0.5, 0.6) is 5.75 Å². The van der Waals surface area contributed by atoms with E-state index in [1.54, 1.807) is 13.3 Å². The summed E-state index contributed by atoms with van der Waals surface area (Å²) in [6.45, 7) is 2.32. The lowest BCUT2D eigenvalue weighted by molar-refractivity contribution is -0.113. The van der Waals surface area contributed by atoms with Gasteiger partial charge in [-0.2, -0.15) is 0 Å². The molecule has 0 spiro atoms. The van der Waals surface area contributed by atoms with E-state index in [0.29, 0.717) is 22.5 Å². The van der Waals surface area contributed by atoms with E-state index >= 15 is 0 Å². The molecule has 0 aliphatic carbocycles. The van der Waals surface area contributed by atoms with Crippen molar-refractivity contribution in [1.82, 2.24) is 14.5 Å². The molecule has 2 aromatic heterocycles. The molecule has 0 atom stereocenters. The number of nitrogens with zero attached hydrogens (tertiary/aromatic N) is 3. The van der Waals surface area contributed by atoms with Crippen LogP contribution in [0.25, 0.3) is 0 Å². The molecule has 0 saturated carbocycles. The maximum atomic E-state index is 12.1. The van der Waals surface area contributed by atoms with Crippen molar-refractivity contribution >= 4 is 34.1 Å². The van der Waals surface area contributed by atoms with E-state index in [1.807, 2.05) is 41.1 Å². The van der Waals surface area contributed by atoms with Gasteiger partial charge in [0.05, 0.1) is 37.1 Å². The maximum Gasteiger partial charge on any atom is 0.236 e. The van der Waals surface area contributed by atoms with Gasteiger partial charge in [-0.1, -0.05) is 23.9 Å². The van der Waals surface area contributed by atoms with Crippen molar-refractivity contribution in [2.75, 3.05) is 18.2 Å². The zero-order valence-corrected chi connectivity index (χ0v) is 16.6. The van der Waals surface area contributed by atoms with Crippen LogP contribution in [0, 0.1) is 6.92 Å². The zero-order valence-electron chi connectivity index (χ0n) is 15.0. The Kier molecular flexibility index (Phi) is 6.49. The summed E-state index contributed by atoms with van der Waals surface area (Å²) in [7, 11) is 1.63. The molecule has 2 N–H and O–H groups in total. The molecule has 3 aromatic rings. The van der Waals surface area contributed by atoms with Crippen LogP contribution in [-0.4, -0.2) is 38.4 Å². The van der Waals surface area contributed by atoms with Gasteiger partial charge in [0, 0.05) is 11.9 Å². The third-order valence-corrected chi connectivity index (χ3v) is 5.63. The number of hydrogen-bond acceptors (Lipinski definition) is 7.